The molecule has 0 aliphatic heterocycles. The Hall–Kier alpha value is -1.32. The van der Waals surface area contributed by atoms with E-state index in [0.717, 1.165) is 0 Å². The van der Waals surface area contributed by atoms with Crippen LogP contribution in [0.4, 0.5) is 0 Å². The zero-order valence-electron chi connectivity index (χ0n) is 7.98. The van der Waals surface area contributed by atoms with Gasteiger partial charge in [0.05, 0.1) is 18.4 Å². The number of nitrogens with zero attached hydrogens (tertiary/aromatic N) is 2. The van der Waals surface area contributed by atoms with Crippen LogP contribution in [0.15, 0.2) is 12.4 Å². The smallest absolute Gasteiger partial charge is 0.415 e. The van der Waals surface area contributed by atoms with E-state index in [4.69, 9.17) is 0 Å². The quantitative estimate of drug-likeness (QED) is 0.735. The monoisotopic (exact) mass is 193 g/mol. The summed E-state index contributed by atoms with van der Waals surface area (Å²) in [5.74, 6) is 0.477. The molecule has 0 unspecified atom stereocenters. The van der Waals surface area contributed by atoms with Crippen LogP contribution in [0, 0.1) is 0 Å². The second-order valence-electron chi connectivity index (χ2n) is 3.63. The summed E-state index contributed by atoms with van der Waals surface area (Å²) in [6.07, 6.45) is 9.52. The van der Waals surface area contributed by atoms with Crippen molar-refractivity contribution < 1.29 is 9.53 Å². The third-order valence-electron chi connectivity index (χ3n) is 2.69. The Bertz CT molecular complexity index is 303. The molecule has 1 heterocycles. The van der Waals surface area contributed by atoms with Gasteiger partial charge in [-0.25, -0.2) is 4.79 Å². The lowest BCUT2D eigenvalue weighted by atomic mass is 9.96. The molecule has 1 saturated carbocycles. The molecular formula is C10H13N2O2. The standard InChI is InChI=1S/C10H13N2O2/c13-8-14-10-6-11-12(7-10)9-4-2-1-3-5-9/h6-7,9H,1-5H2. The fourth-order valence-electron chi connectivity index (χ4n) is 1.97. The molecule has 0 aromatic carbocycles. The highest BCUT2D eigenvalue weighted by Crippen LogP contribution is 2.28. The molecular weight excluding hydrogens is 180 g/mol. The topological polar surface area (TPSA) is 44.1 Å². The van der Waals surface area contributed by atoms with Crippen molar-refractivity contribution in [1.82, 2.24) is 9.78 Å². The van der Waals surface area contributed by atoms with Gasteiger partial charge in [-0.3, -0.25) is 4.68 Å². The fourth-order valence-corrected chi connectivity index (χ4v) is 1.97. The van der Waals surface area contributed by atoms with Crippen LogP contribution < -0.4 is 4.74 Å². The molecule has 0 amide bonds. The van der Waals surface area contributed by atoms with Crippen LogP contribution in [0.2, 0.25) is 0 Å². The lowest BCUT2D eigenvalue weighted by Gasteiger charge is -2.21. The second-order valence-corrected chi connectivity index (χ2v) is 3.63. The van der Waals surface area contributed by atoms with Gasteiger partial charge in [-0.05, 0) is 12.8 Å². The van der Waals surface area contributed by atoms with Crippen LogP contribution >= 0.6 is 0 Å². The van der Waals surface area contributed by atoms with Gasteiger partial charge in [0, 0.05) is 0 Å². The highest BCUT2D eigenvalue weighted by Gasteiger charge is 2.16. The molecule has 4 nitrogen and oxygen atoms in total. The first-order valence-electron chi connectivity index (χ1n) is 4.98. The molecule has 1 fully saturated rings. The van der Waals surface area contributed by atoms with Gasteiger partial charge >= 0.3 is 6.47 Å². The molecule has 75 valence electrons. The molecule has 1 aliphatic carbocycles. The molecule has 1 aromatic rings. The largest absolute Gasteiger partial charge is 0.423 e. The molecule has 0 N–H and O–H groups in total. The van der Waals surface area contributed by atoms with Gasteiger partial charge in [-0.15, -0.1) is 0 Å². The Balaban J connectivity index is 2.03. The van der Waals surface area contributed by atoms with Crippen molar-refractivity contribution in [3.05, 3.63) is 12.4 Å². The average molecular weight is 193 g/mol. The minimum Gasteiger partial charge on any atom is -0.415 e. The van der Waals surface area contributed by atoms with E-state index in [2.05, 4.69) is 9.84 Å². The lowest BCUT2D eigenvalue weighted by Crippen LogP contribution is -2.12. The van der Waals surface area contributed by atoms with E-state index in [9.17, 15) is 4.79 Å². The van der Waals surface area contributed by atoms with Crippen LogP contribution in [0.1, 0.15) is 38.1 Å². The van der Waals surface area contributed by atoms with E-state index in [1.54, 1.807) is 12.4 Å². The highest BCUT2D eigenvalue weighted by molar-refractivity contribution is 5.44. The fraction of sp³-hybridized carbons (Fsp3) is 0.600. The van der Waals surface area contributed by atoms with Crippen LogP contribution in [0.25, 0.3) is 0 Å². The van der Waals surface area contributed by atoms with Crippen LogP contribution in [-0.4, -0.2) is 16.3 Å². The molecule has 14 heavy (non-hydrogen) atoms. The predicted octanol–water partition coefficient (Wildman–Crippen LogP) is 1.83. The molecule has 0 atom stereocenters. The third kappa shape index (κ3) is 1.95. The molecule has 0 bridgehead atoms. The Kier molecular flexibility index (Phi) is 2.81. The summed E-state index contributed by atoms with van der Waals surface area (Å²) in [7, 11) is 0. The van der Waals surface area contributed by atoms with Gasteiger partial charge in [0.1, 0.15) is 0 Å². The summed E-state index contributed by atoms with van der Waals surface area (Å²) in [5, 5.41) is 4.17. The zero-order valence-corrected chi connectivity index (χ0v) is 7.98. The second kappa shape index (κ2) is 4.26. The number of carbonyl (C=O) groups excluding carboxylic acids is 1. The Morgan fingerprint density at radius 1 is 1.43 bits per heavy atom. The van der Waals surface area contributed by atoms with E-state index >= 15 is 0 Å². The van der Waals surface area contributed by atoms with Crippen molar-refractivity contribution in [1.29, 1.82) is 0 Å². The van der Waals surface area contributed by atoms with Crippen LogP contribution in [0.5, 0.6) is 5.75 Å². The van der Waals surface area contributed by atoms with Crippen molar-refractivity contribution in [2.45, 2.75) is 38.1 Å². The molecule has 2 rings (SSSR count). The molecule has 4 heteroatoms. The van der Waals surface area contributed by atoms with Gasteiger partial charge in [0.2, 0.25) is 0 Å². The van der Waals surface area contributed by atoms with Gasteiger partial charge in [-0.2, -0.15) is 5.10 Å². The SMILES string of the molecule is O=[C]Oc1cnn(C2CCCCC2)c1. The Morgan fingerprint density at radius 3 is 2.93 bits per heavy atom. The van der Waals surface area contributed by atoms with Crippen molar-refractivity contribution in [2.24, 2.45) is 0 Å². The van der Waals surface area contributed by atoms with Crippen molar-refractivity contribution in [3.63, 3.8) is 0 Å². The molecule has 1 aliphatic rings. The van der Waals surface area contributed by atoms with Gasteiger partial charge < -0.3 is 4.74 Å². The maximum atomic E-state index is 9.98. The summed E-state index contributed by atoms with van der Waals surface area (Å²) < 4.78 is 6.48. The first kappa shape index (κ1) is 9.24. The molecule has 1 radical (unpaired) electrons. The number of ether oxygens (including phenoxy) is 1. The summed E-state index contributed by atoms with van der Waals surface area (Å²) in [6, 6.07) is 0.479. The maximum absolute atomic E-state index is 9.98. The number of aromatic nitrogens is 2. The first-order chi connectivity index (χ1) is 6.90. The van der Waals surface area contributed by atoms with E-state index in [1.165, 1.54) is 38.6 Å². The van der Waals surface area contributed by atoms with Crippen LogP contribution in [-0.2, 0) is 4.79 Å². The predicted molar refractivity (Wildman–Crippen MR) is 50.7 cm³/mol. The van der Waals surface area contributed by atoms with Gasteiger partial charge in [0.15, 0.2) is 5.75 Å². The Morgan fingerprint density at radius 2 is 2.21 bits per heavy atom. The van der Waals surface area contributed by atoms with Gasteiger partial charge in [0.25, 0.3) is 0 Å². The minimum absolute atomic E-state index is 0.477. The Labute approximate surface area is 82.9 Å². The molecule has 1 aromatic heterocycles. The van der Waals surface area contributed by atoms with E-state index in [-0.39, 0.29) is 0 Å². The molecule has 0 saturated heterocycles. The third-order valence-corrected chi connectivity index (χ3v) is 2.69. The first-order valence-corrected chi connectivity index (χ1v) is 4.98. The average Bonchev–Trinajstić information content (AvgIpc) is 2.68. The highest BCUT2D eigenvalue weighted by atomic mass is 16.5. The molecule has 0 spiro atoms. The van der Waals surface area contributed by atoms with E-state index < -0.39 is 0 Å². The van der Waals surface area contributed by atoms with Crippen molar-refractivity contribution in [3.8, 4) is 5.75 Å². The number of rotatable bonds is 3. The summed E-state index contributed by atoms with van der Waals surface area (Å²) in [6.45, 7) is 1.40. The lowest BCUT2D eigenvalue weighted by molar-refractivity contribution is 0.328. The van der Waals surface area contributed by atoms with Crippen molar-refractivity contribution in [2.75, 3.05) is 0 Å². The summed E-state index contributed by atoms with van der Waals surface area (Å²) in [5.41, 5.74) is 0. The normalized spacial score (nSPS) is 18.0. The van der Waals surface area contributed by atoms with Crippen LogP contribution in [0.3, 0.4) is 0 Å². The minimum atomic E-state index is 0.477. The summed E-state index contributed by atoms with van der Waals surface area (Å²) in [4.78, 5) is 9.98. The number of hydrogen-bond donors (Lipinski definition) is 0. The van der Waals surface area contributed by atoms with Crippen molar-refractivity contribution >= 4 is 6.47 Å². The zero-order chi connectivity index (χ0) is 9.80. The van der Waals surface area contributed by atoms with Gasteiger partial charge in [-0.1, -0.05) is 19.3 Å². The van der Waals surface area contributed by atoms with E-state index in [1.807, 2.05) is 4.68 Å². The summed E-state index contributed by atoms with van der Waals surface area (Å²) >= 11 is 0. The number of hydrogen-bond acceptors (Lipinski definition) is 3. The maximum Gasteiger partial charge on any atom is 0.423 e. The van der Waals surface area contributed by atoms with E-state index in [0.29, 0.717) is 11.8 Å².